The number of aliphatic carboxylic acids is 1. The highest BCUT2D eigenvalue weighted by Crippen LogP contribution is 2.19. The average Bonchev–Trinajstić information content (AvgIpc) is 2.28. The Morgan fingerprint density at radius 1 is 1.29 bits per heavy atom. The van der Waals surface area contributed by atoms with Gasteiger partial charge in [0.05, 0.1) is 6.42 Å². The van der Waals surface area contributed by atoms with Crippen molar-refractivity contribution in [1.29, 1.82) is 0 Å². The molecule has 0 heterocycles. The molecule has 0 bridgehead atoms. The summed E-state index contributed by atoms with van der Waals surface area (Å²) in [7, 11) is 0. The molecule has 0 saturated heterocycles. The predicted molar refractivity (Wildman–Crippen MR) is 68.6 cm³/mol. The number of hydrogen-bond donors (Lipinski definition) is 1. The van der Waals surface area contributed by atoms with Gasteiger partial charge in [-0.25, -0.2) is 0 Å². The Bertz CT molecular complexity index is 398. The highest BCUT2D eigenvalue weighted by atomic mass is 32.2. The van der Waals surface area contributed by atoms with Gasteiger partial charge < -0.3 is 5.11 Å². The van der Waals surface area contributed by atoms with Crippen molar-refractivity contribution >= 4 is 23.5 Å². The molecule has 0 aliphatic rings. The Balaban J connectivity index is 2.72. The summed E-state index contributed by atoms with van der Waals surface area (Å²) in [5, 5.41) is 8.64. The third-order valence-electron chi connectivity index (χ3n) is 2.38. The van der Waals surface area contributed by atoms with Crippen molar-refractivity contribution in [3.05, 3.63) is 29.8 Å². The van der Waals surface area contributed by atoms with Crippen LogP contribution in [0.4, 0.5) is 0 Å². The van der Waals surface area contributed by atoms with E-state index in [2.05, 4.69) is 6.92 Å². The lowest BCUT2D eigenvalue weighted by Gasteiger charge is -2.08. The maximum atomic E-state index is 11.9. The maximum absolute atomic E-state index is 11.9. The fraction of sp³-hybridized carbons (Fsp3) is 0.385. The number of carboxylic acids is 1. The van der Waals surface area contributed by atoms with Crippen molar-refractivity contribution < 1.29 is 14.7 Å². The van der Waals surface area contributed by atoms with Crippen molar-refractivity contribution in [2.75, 3.05) is 5.75 Å². The third-order valence-corrected chi connectivity index (χ3v) is 3.27. The van der Waals surface area contributed by atoms with Crippen LogP contribution in [0.5, 0.6) is 0 Å². The first kappa shape index (κ1) is 13.8. The quantitative estimate of drug-likeness (QED) is 0.624. The smallest absolute Gasteiger partial charge is 0.304 e. The Morgan fingerprint density at radius 2 is 1.88 bits per heavy atom. The molecule has 0 spiro atoms. The molecule has 0 amide bonds. The fourth-order valence-corrected chi connectivity index (χ4v) is 2.18. The largest absolute Gasteiger partial charge is 0.481 e. The lowest BCUT2D eigenvalue weighted by molar-refractivity contribution is -0.137. The highest BCUT2D eigenvalue weighted by Gasteiger charge is 2.17. The topological polar surface area (TPSA) is 54.4 Å². The van der Waals surface area contributed by atoms with Crippen LogP contribution in [0.3, 0.4) is 0 Å². The van der Waals surface area contributed by atoms with Gasteiger partial charge in [-0.3, -0.25) is 9.59 Å². The second-order valence-electron chi connectivity index (χ2n) is 3.82. The minimum atomic E-state index is -0.941. The summed E-state index contributed by atoms with van der Waals surface area (Å²) in [5.41, 5.74) is 0.583. The summed E-state index contributed by atoms with van der Waals surface area (Å²) < 4.78 is 0. The molecule has 1 unspecified atom stereocenters. The zero-order chi connectivity index (χ0) is 12.8. The van der Waals surface area contributed by atoms with Gasteiger partial charge in [-0.2, -0.15) is 0 Å². The molecule has 17 heavy (non-hydrogen) atoms. The SMILES string of the molecule is CCSc1ccc(C(=O)C(C)CC(=O)O)cc1. The van der Waals surface area contributed by atoms with Crippen LogP contribution in [-0.2, 0) is 4.79 Å². The molecule has 92 valence electrons. The van der Waals surface area contributed by atoms with Gasteiger partial charge in [0.1, 0.15) is 0 Å². The van der Waals surface area contributed by atoms with Crippen LogP contribution in [0.2, 0.25) is 0 Å². The van der Waals surface area contributed by atoms with E-state index in [9.17, 15) is 9.59 Å². The van der Waals surface area contributed by atoms with Crippen LogP contribution >= 0.6 is 11.8 Å². The van der Waals surface area contributed by atoms with E-state index in [1.54, 1.807) is 30.8 Å². The summed E-state index contributed by atoms with van der Waals surface area (Å²) in [5.74, 6) is -0.537. The zero-order valence-corrected chi connectivity index (χ0v) is 10.8. The molecule has 0 aliphatic carbocycles. The Kier molecular flexibility index (Phi) is 5.22. The van der Waals surface area contributed by atoms with Crippen LogP contribution in [0.15, 0.2) is 29.2 Å². The van der Waals surface area contributed by atoms with Gasteiger partial charge in [-0.05, 0) is 17.9 Å². The highest BCUT2D eigenvalue weighted by molar-refractivity contribution is 7.99. The maximum Gasteiger partial charge on any atom is 0.304 e. The van der Waals surface area contributed by atoms with Crippen LogP contribution < -0.4 is 0 Å². The minimum absolute atomic E-state index is 0.111. The number of carbonyl (C=O) groups excluding carboxylic acids is 1. The zero-order valence-electron chi connectivity index (χ0n) is 9.97. The van der Waals surface area contributed by atoms with Crippen LogP contribution in [0.1, 0.15) is 30.6 Å². The van der Waals surface area contributed by atoms with E-state index >= 15 is 0 Å². The van der Waals surface area contributed by atoms with Crippen LogP contribution in [0.25, 0.3) is 0 Å². The fourth-order valence-electron chi connectivity index (χ4n) is 1.52. The third kappa shape index (κ3) is 4.23. The number of hydrogen-bond acceptors (Lipinski definition) is 3. The van der Waals surface area contributed by atoms with Gasteiger partial charge in [-0.1, -0.05) is 26.0 Å². The van der Waals surface area contributed by atoms with E-state index in [0.29, 0.717) is 5.56 Å². The average molecular weight is 252 g/mol. The second kappa shape index (κ2) is 6.45. The summed E-state index contributed by atoms with van der Waals surface area (Å²) in [6.07, 6.45) is -0.121. The molecule has 0 aliphatic heterocycles. The number of carboxylic acid groups (broad SMARTS) is 1. The monoisotopic (exact) mass is 252 g/mol. The number of thioether (sulfide) groups is 1. The summed E-state index contributed by atoms with van der Waals surface area (Å²) in [6, 6.07) is 7.32. The molecular formula is C13H16O3S. The summed E-state index contributed by atoms with van der Waals surface area (Å²) in [4.78, 5) is 23.5. The van der Waals surface area contributed by atoms with Crippen molar-refractivity contribution in [2.24, 2.45) is 5.92 Å². The number of carbonyl (C=O) groups is 2. The molecule has 4 heteroatoms. The summed E-state index contributed by atoms with van der Waals surface area (Å²) in [6.45, 7) is 3.71. The van der Waals surface area contributed by atoms with E-state index in [-0.39, 0.29) is 12.2 Å². The van der Waals surface area contributed by atoms with Gasteiger partial charge in [0.25, 0.3) is 0 Å². The molecular weight excluding hydrogens is 236 g/mol. The molecule has 0 aromatic heterocycles. The standard InChI is InChI=1S/C13H16O3S/c1-3-17-11-6-4-10(5-7-11)13(16)9(2)8-12(14)15/h4-7,9H,3,8H2,1-2H3,(H,14,15). The van der Waals surface area contributed by atoms with Gasteiger partial charge in [0.2, 0.25) is 0 Å². The van der Waals surface area contributed by atoms with Gasteiger partial charge in [0, 0.05) is 16.4 Å². The Hall–Kier alpha value is -1.29. The van der Waals surface area contributed by atoms with Gasteiger partial charge in [0.15, 0.2) is 5.78 Å². The van der Waals surface area contributed by atoms with Crippen molar-refractivity contribution in [2.45, 2.75) is 25.2 Å². The molecule has 0 saturated carbocycles. The van der Waals surface area contributed by atoms with Crippen LogP contribution in [0, 0.1) is 5.92 Å². The van der Waals surface area contributed by atoms with E-state index in [4.69, 9.17) is 5.11 Å². The first-order chi connectivity index (χ1) is 8.04. The molecule has 3 nitrogen and oxygen atoms in total. The van der Waals surface area contributed by atoms with Gasteiger partial charge in [-0.15, -0.1) is 11.8 Å². The first-order valence-electron chi connectivity index (χ1n) is 5.53. The molecule has 1 atom stereocenters. The number of rotatable bonds is 6. The molecule has 1 N–H and O–H groups in total. The van der Waals surface area contributed by atoms with E-state index < -0.39 is 11.9 Å². The number of ketones is 1. The normalized spacial score (nSPS) is 12.1. The number of Topliss-reactive ketones (excluding diaryl/α,β-unsaturated/α-hetero) is 1. The van der Waals surface area contributed by atoms with Crippen molar-refractivity contribution in [3.63, 3.8) is 0 Å². The second-order valence-corrected chi connectivity index (χ2v) is 5.16. The van der Waals surface area contributed by atoms with Crippen LogP contribution in [-0.4, -0.2) is 22.6 Å². The van der Waals surface area contributed by atoms with E-state index in [0.717, 1.165) is 10.6 Å². The lowest BCUT2D eigenvalue weighted by atomic mass is 9.97. The van der Waals surface area contributed by atoms with E-state index in [1.807, 2.05) is 12.1 Å². The number of benzene rings is 1. The summed E-state index contributed by atoms with van der Waals surface area (Å²) >= 11 is 1.71. The van der Waals surface area contributed by atoms with E-state index in [1.165, 1.54) is 0 Å². The molecule has 1 aromatic rings. The Labute approximate surface area is 105 Å². The predicted octanol–water partition coefficient (Wildman–Crippen LogP) is 3.09. The molecule has 1 rings (SSSR count). The lowest BCUT2D eigenvalue weighted by Crippen LogP contribution is -2.15. The molecule has 0 fully saturated rings. The van der Waals surface area contributed by atoms with Crippen molar-refractivity contribution in [1.82, 2.24) is 0 Å². The van der Waals surface area contributed by atoms with Gasteiger partial charge >= 0.3 is 5.97 Å². The molecule has 0 radical (unpaired) electrons. The minimum Gasteiger partial charge on any atom is -0.481 e. The Morgan fingerprint density at radius 3 is 2.35 bits per heavy atom. The van der Waals surface area contributed by atoms with Crippen molar-refractivity contribution in [3.8, 4) is 0 Å². The first-order valence-corrected chi connectivity index (χ1v) is 6.52. The molecule has 1 aromatic carbocycles.